The molecule has 3 heteroatoms. The monoisotopic (exact) mass is 269 g/mol. The Bertz CT molecular complexity index is 669. The minimum absolute atomic E-state index is 0.271. The molecule has 2 aromatic rings. The van der Waals surface area contributed by atoms with Gasteiger partial charge in [-0.15, -0.1) is 0 Å². The average Bonchev–Trinajstić information content (AvgIpc) is 3.09. The van der Waals surface area contributed by atoms with Crippen molar-refractivity contribution >= 4 is 10.9 Å². The normalized spacial score (nSPS) is 30.8. The van der Waals surface area contributed by atoms with E-state index in [1.165, 1.54) is 35.0 Å². The van der Waals surface area contributed by atoms with Gasteiger partial charge in [0.15, 0.2) is 5.79 Å². The molecule has 3 nitrogen and oxygen atoms in total. The van der Waals surface area contributed by atoms with E-state index < -0.39 is 0 Å². The van der Waals surface area contributed by atoms with Gasteiger partial charge in [-0.05, 0) is 36.8 Å². The second-order valence-corrected chi connectivity index (χ2v) is 6.44. The topological polar surface area (TPSA) is 34.2 Å². The summed E-state index contributed by atoms with van der Waals surface area (Å²) in [6.07, 6.45) is 4.53. The molecule has 104 valence electrons. The van der Waals surface area contributed by atoms with E-state index in [1.807, 2.05) is 0 Å². The van der Waals surface area contributed by atoms with Crippen LogP contribution in [0.3, 0.4) is 0 Å². The van der Waals surface area contributed by atoms with Crippen molar-refractivity contribution < 1.29 is 9.47 Å². The second kappa shape index (κ2) is 3.86. The van der Waals surface area contributed by atoms with Gasteiger partial charge in [-0.3, -0.25) is 0 Å². The lowest BCUT2D eigenvalue weighted by Crippen LogP contribution is -2.46. The Morgan fingerprint density at radius 1 is 1.15 bits per heavy atom. The number of benzene rings is 1. The van der Waals surface area contributed by atoms with Gasteiger partial charge in [-0.25, -0.2) is 0 Å². The smallest absolute Gasteiger partial charge is 0.171 e. The van der Waals surface area contributed by atoms with Gasteiger partial charge in [0, 0.05) is 28.9 Å². The summed E-state index contributed by atoms with van der Waals surface area (Å²) in [6, 6.07) is 8.69. The first-order chi connectivity index (χ1) is 9.86. The van der Waals surface area contributed by atoms with E-state index in [2.05, 4.69) is 29.2 Å². The van der Waals surface area contributed by atoms with Gasteiger partial charge in [0.05, 0.1) is 13.2 Å². The predicted molar refractivity (Wildman–Crippen MR) is 76.7 cm³/mol. The molecule has 2 atom stereocenters. The molecular formula is C17H19NO2. The van der Waals surface area contributed by atoms with Gasteiger partial charge in [0.2, 0.25) is 0 Å². The highest BCUT2D eigenvalue weighted by atomic mass is 16.7. The third-order valence-electron chi connectivity index (χ3n) is 5.51. The number of fused-ring (bicyclic) bond motifs is 7. The zero-order valence-corrected chi connectivity index (χ0v) is 11.5. The number of ether oxygens (including phenoxy) is 2. The summed E-state index contributed by atoms with van der Waals surface area (Å²) in [5.41, 5.74) is 4.28. The van der Waals surface area contributed by atoms with Crippen LogP contribution in [0.25, 0.3) is 10.9 Å². The SMILES string of the molecule is c1ccc2c3c([nH]c2c1)[C@@H]1CCC2(OCCO2)[C@H](C3)C1. The standard InChI is InChI=1S/C17H19NO2/c1-2-4-15-13(3-1)14-10-12-9-11(16(14)18-15)5-6-17(12)19-7-8-20-17/h1-4,11-12,18H,5-10H2/t11-,12+/m1/s1. The van der Waals surface area contributed by atoms with Gasteiger partial charge in [-0.2, -0.15) is 0 Å². The lowest BCUT2D eigenvalue weighted by atomic mass is 9.68. The van der Waals surface area contributed by atoms with E-state index in [0.29, 0.717) is 11.8 Å². The fraction of sp³-hybridized carbons (Fsp3) is 0.529. The fourth-order valence-corrected chi connectivity index (χ4v) is 4.61. The van der Waals surface area contributed by atoms with Crippen molar-refractivity contribution in [3.8, 4) is 0 Å². The van der Waals surface area contributed by atoms with Crippen molar-refractivity contribution in [3.63, 3.8) is 0 Å². The van der Waals surface area contributed by atoms with Crippen molar-refractivity contribution in [2.24, 2.45) is 5.92 Å². The molecule has 2 aliphatic carbocycles. The molecule has 5 rings (SSSR count). The molecule has 1 saturated carbocycles. The molecule has 1 aromatic carbocycles. The molecule has 0 radical (unpaired) electrons. The van der Waals surface area contributed by atoms with Crippen LogP contribution in [-0.4, -0.2) is 24.0 Å². The zero-order chi connectivity index (χ0) is 13.2. The Labute approximate surface area is 118 Å². The van der Waals surface area contributed by atoms with E-state index in [1.54, 1.807) is 0 Å². The summed E-state index contributed by atoms with van der Waals surface area (Å²) in [7, 11) is 0. The van der Waals surface area contributed by atoms with Crippen LogP contribution < -0.4 is 0 Å². The number of aromatic amines is 1. The molecule has 2 fully saturated rings. The van der Waals surface area contributed by atoms with E-state index in [9.17, 15) is 0 Å². The molecule has 3 aliphatic rings. The van der Waals surface area contributed by atoms with Gasteiger partial charge < -0.3 is 14.5 Å². The van der Waals surface area contributed by atoms with E-state index >= 15 is 0 Å². The van der Waals surface area contributed by atoms with Crippen LogP contribution in [0.4, 0.5) is 0 Å². The maximum Gasteiger partial charge on any atom is 0.171 e. The summed E-state index contributed by atoms with van der Waals surface area (Å²) >= 11 is 0. The molecule has 0 unspecified atom stereocenters. The lowest BCUT2D eigenvalue weighted by Gasteiger charge is -2.45. The summed E-state index contributed by atoms with van der Waals surface area (Å²) in [4.78, 5) is 3.67. The lowest BCUT2D eigenvalue weighted by molar-refractivity contribution is -0.216. The van der Waals surface area contributed by atoms with Crippen LogP contribution in [0.2, 0.25) is 0 Å². The van der Waals surface area contributed by atoms with Crippen molar-refractivity contribution in [1.82, 2.24) is 4.98 Å². The van der Waals surface area contributed by atoms with E-state index in [4.69, 9.17) is 9.47 Å². The summed E-state index contributed by atoms with van der Waals surface area (Å²) in [5, 5.41) is 1.40. The molecule has 1 saturated heterocycles. The average molecular weight is 269 g/mol. The summed E-state index contributed by atoms with van der Waals surface area (Å²) in [5.74, 6) is 0.914. The molecule has 1 spiro atoms. The Morgan fingerprint density at radius 3 is 2.90 bits per heavy atom. The molecule has 0 amide bonds. The summed E-state index contributed by atoms with van der Waals surface area (Å²) < 4.78 is 12.1. The molecule has 1 aliphatic heterocycles. The number of hydrogen-bond acceptors (Lipinski definition) is 2. The maximum absolute atomic E-state index is 6.04. The maximum atomic E-state index is 6.04. The van der Waals surface area contributed by atoms with Crippen molar-refractivity contribution in [1.29, 1.82) is 0 Å². The van der Waals surface area contributed by atoms with Gasteiger partial charge in [0.25, 0.3) is 0 Å². The predicted octanol–water partition coefficient (Wildman–Crippen LogP) is 3.35. The molecule has 1 aromatic heterocycles. The molecule has 20 heavy (non-hydrogen) atoms. The number of H-pyrrole nitrogens is 1. The number of rotatable bonds is 0. The minimum Gasteiger partial charge on any atom is -0.358 e. The molecule has 2 heterocycles. The largest absolute Gasteiger partial charge is 0.358 e. The first kappa shape index (κ1) is 11.4. The van der Waals surface area contributed by atoms with E-state index in [-0.39, 0.29) is 5.79 Å². The highest BCUT2D eigenvalue weighted by Crippen LogP contribution is 2.52. The van der Waals surface area contributed by atoms with E-state index in [0.717, 1.165) is 26.1 Å². The highest BCUT2D eigenvalue weighted by Gasteiger charge is 2.51. The van der Waals surface area contributed by atoms with Crippen LogP contribution >= 0.6 is 0 Å². The Balaban J connectivity index is 1.65. The number of aromatic nitrogens is 1. The molecule has 2 bridgehead atoms. The third kappa shape index (κ3) is 1.37. The summed E-state index contributed by atoms with van der Waals surface area (Å²) in [6.45, 7) is 1.53. The van der Waals surface area contributed by atoms with Crippen LogP contribution in [0.5, 0.6) is 0 Å². The Morgan fingerprint density at radius 2 is 2.00 bits per heavy atom. The third-order valence-corrected chi connectivity index (χ3v) is 5.51. The number of hydrogen-bond donors (Lipinski definition) is 1. The zero-order valence-electron chi connectivity index (χ0n) is 11.5. The number of para-hydroxylation sites is 1. The quantitative estimate of drug-likeness (QED) is 0.796. The van der Waals surface area contributed by atoms with Crippen molar-refractivity contribution in [2.45, 2.75) is 37.4 Å². The number of nitrogens with one attached hydrogen (secondary N) is 1. The first-order valence-corrected chi connectivity index (χ1v) is 7.73. The molecule has 1 N–H and O–H groups in total. The minimum atomic E-state index is -0.271. The Kier molecular flexibility index (Phi) is 2.19. The highest BCUT2D eigenvalue weighted by molar-refractivity contribution is 5.85. The van der Waals surface area contributed by atoms with Crippen molar-refractivity contribution in [3.05, 3.63) is 35.5 Å². The first-order valence-electron chi connectivity index (χ1n) is 7.73. The second-order valence-electron chi connectivity index (χ2n) is 6.44. The van der Waals surface area contributed by atoms with Gasteiger partial charge in [-0.1, -0.05) is 18.2 Å². The fourth-order valence-electron chi connectivity index (χ4n) is 4.61. The van der Waals surface area contributed by atoms with Crippen LogP contribution in [-0.2, 0) is 15.9 Å². The Hall–Kier alpha value is -1.32. The van der Waals surface area contributed by atoms with Crippen LogP contribution in [0, 0.1) is 5.92 Å². The van der Waals surface area contributed by atoms with Gasteiger partial charge >= 0.3 is 0 Å². The van der Waals surface area contributed by atoms with Crippen LogP contribution in [0.1, 0.15) is 36.4 Å². The molecular weight excluding hydrogens is 250 g/mol. The van der Waals surface area contributed by atoms with Gasteiger partial charge in [0.1, 0.15) is 0 Å². The van der Waals surface area contributed by atoms with Crippen molar-refractivity contribution in [2.75, 3.05) is 13.2 Å². The van der Waals surface area contributed by atoms with Crippen LogP contribution in [0.15, 0.2) is 24.3 Å².